The first-order valence-electron chi connectivity index (χ1n) is 9.43. The number of hydrogen-bond acceptors (Lipinski definition) is 5. The van der Waals surface area contributed by atoms with Gasteiger partial charge in [0.1, 0.15) is 12.1 Å². The third-order valence-corrected chi connectivity index (χ3v) is 5.07. The molecule has 146 valence electrons. The van der Waals surface area contributed by atoms with Crippen LogP contribution in [-0.2, 0) is 14.3 Å². The summed E-state index contributed by atoms with van der Waals surface area (Å²) in [6.45, 7) is 6.66. The average molecular weight is 366 g/mol. The Hall–Kier alpha value is -1.92. The van der Waals surface area contributed by atoms with Crippen molar-refractivity contribution >= 4 is 11.9 Å². The Kier molecular flexibility index (Phi) is 6.42. The summed E-state index contributed by atoms with van der Waals surface area (Å²) in [5.41, 5.74) is -0.0701. The molecule has 7 nitrogen and oxygen atoms in total. The first-order valence-corrected chi connectivity index (χ1v) is 9.43. The van der Waals surface area contributed by atoms with E-state index in [4.69, 9.17) is 4.74 Å². The van der Waals surface area contributed by atoms with Crippen molar-refractivity contribution in [3.8, 4) is 0 Å². The molecule has 1 amide bonds. The molecule has 1 aliphatic carbocycles. The Morgan fingerprint density at radius 3 is 2.46 bits per heavy atom. The largest absolute Gasteiger partial charge is 0.459 e. The van der Waals surface area contributed by atoms with Crippen LogP contribution in [0.15, 0.2) is 11.8 Å². The molecule has 1 saturated carbocycles. The highest BCUT2D eigenvalue weighted by molar-refractivity contribution is 5.88. The van der Waals surface area contributed by atoms with Gasteiger partial charge in [0.2, 0.25) is 0 Å². The normalized spacial score (nSPS) is 25.0. The molecule has 2 unspecified atom stereocenters. The molecule has 1 heterocycles. The Labute approximate surface area is 154 Å². The summed E-state index contributed by atoms with van der Waals surface area (Å²) in [5.74, 6) is -1.14. The summed E-state index contributed by atoms with van der Waals surface area (Å²) in [6.07, 6.45) is 8.14. The van der Waals surface area contributed by atoms with Crippen LogP contribution < -0.4 is 0 Å². The van der Waals surface area contributed by atoms with Crippen LogP contribution in [0.2, 0.25) is 0 Å². The van der Waals surface area contributed by atoms with Crippen LogP contribution >= 0.6 is 0 Å². The fourth-order valence-electron chi connectivity index (χ4n) is 3.96. The molecule has 2 rings (SSSR count). The highest BCUT2D eigenvalue weighted by Gasteiger charge is 2.45. The third kappa shape index (κ3) is 5.29. The van der Waals surface area contributed by atoms with Gasteiger partial charge in [0, 0.05) is 10.6 Å². The molecule has 0 saturated heterocycles. The number of nitro groups is 1. The Morgan fingerprint density at radius 1 is 1.31 bits per heavy atom. The molecule has 0 aromatic carbocycles. The van der Waals surface area contributed by atoms with Crippen molar-refractivity contribution in [3.05, 3.63) is 21.9 Å². The topological polar surface area (TPSA) is 89.8 Å². The number of nitrogens with zero attached hydrogens (tertiary/aromatic N) is 2. The molecule has 0 aromatic rings. The van der Waals surface area contributed by atoms with E-state index >= 15 is 0 Å². The molecule has 2 aliphatic rings. The molecule has 1 aliphatic heterocycles. The lowest BCUT2D eigenvalue weighted by atomic mass is 9.79. The predicted molar refractivity (Wildman–Crippen MR) is 96.8 cm³/mol. The number of allylic oxidation sites excluding steroid dienone is 1. The quantitative estimate of drug-likeness (QED) is 0.423. The van der Waals surface area contributed by atoms with Crippen LogP contribution in [0.5, 0.6) is 0 Å². The van der Waals surface area contributed by atoms with Crippen LogP contribution in [0, 0.1) is 22.0 Å². The van der Waals surface area contributed by atoms with Crippen molar-refractivity contribution in [2.24, 2.45) is 11.8 Å². The molecule has 0 spiro atoms. The van der Waals surface area contributed by atoms with E-state index in [0.717, 1.165) is 25.7 Å². The third-order valence-electron chi connectivity index (χ3n) is 5.07. The molecule has 26 heavy (non-hydrogen) atoms. The summed E-state index contributed by atoms with van der Waals surface area (Å²) in [5, 5.41) is 11.6. The van der Waals surface area contributed by atoms with Crippen molar-refractivity contribution in [1.29, 1.82) is 0 Å². The van der Waals surface area contributed by atoms with Gasteiger partial charge in [-0.15, -0.1) is 0 Å². The van der Waals surface area contributed by atoms with Gasteiger partial charge in [0.05, 0.1) is 5.92 Å². The minimum Gasteiger partial charge on any atom is -0.459 e. The minimum absolute atomic E-state index is 0.293. The second kappa shape index (κ2) is 8.18. The number of amides is 1. The van der Waals surface area contributed by atoms with Gasteiger partial charge in [-0.3, -0.25) is 24.6 Å². The summed E-state index contributed by atoms with van der Waals surface area (Å²) in [4.78, 5) is 37.1. The number of rotatable bonds is 5. The van der Waals surface area contributed by atoms with Gasteiger partial charge in [-0.1, -0.05) is 38.2 Å². The number of carbonyl (C=O) groups is 2. The lowest BCUT2D eigenvalue weighted by molar-refractivity contribution is -0.516. The van der Waals surface area contributed by atoms with Crippen molar-refractivity contribution in [1.82, 2.24) is 4.90 Å². The summed E-state index contributed by atoms with van der Waals surface area (Å²) >= 11 is 0. The second-order valence-electron chi connectivity index (χ2n) is 8.45. The van der Waals surface area contributed by atoms with Crippen LogP contribution in [0.1, 0.15) is 66.2 Å². The maximum atomic E-state index is 12.8. The number of hydrogen-bond donors (Lipinski definition) is 0. The van der Waals surface area contributed by atoms with Crippen molar-refractivity contribution in [2.45, 2.75) is 77.9 Å². The average Bonchev–Trinajstić information content (AvgIpc) is 2.50. The second-order valence-corrected chi connectivity index (χ2v) is 8.45. The van der Waals surface area contributed by atoms with E-state index < -0.39 is 34.4 Å². The Balaban J connectivity index is 2.14. The maximum absolute atomic E-state index is 12.8. The highest BCUT2D eigenvalue weighted by atomic mass is 16.6. The molecule has 0 bridgehead atoms. The van der Waals surface area contributed by atoms with Crippen LogP contribution in [0.3, 0.4) is 0 Å². The summed E-state index contributed by atoms with van der Waals surface area (Å²) in [7, 11) is 0. The first kappa shape index (κ1) is 20.4. The molecular weight excluding hydrogens is 336 g/mol. The lowest BCUT2D eigenvalue weighted by Gasteiger charge is -2.34. The van der Waals surface area contributed by atoms with Crippen molar-refractivity contribution in [2.75, 3.05) is 6.54 Å². The molecule has 2 atom stereocenters. The van der Waals surface area contributed by atoms with Gasteiger partial charge in [0.25, 0.3) is 6.04 Å². The number of esters is 1. The van der Waals surface area contributed by atoms with Crippen molar-refractivity contribution < 1.29 is 19.2 Å². The predicted octanol–water partition coefficient (Wildman–Crippen LogP) is 3.31. The molecule has 1 fully saturated rings. The molecular formula is C19H30N2O5. The fourth-order valence-corrected chi connectivity index (χ4v) is 3.96. The SMILES string of the molecule is CC1=CC(CC2CCCCC2)C([N+](=O)[O-])C(=O)N1CC(=O)OC(C)(C)C. The van der Waals surface area contributed by atoms with Crippen LogP contribution in [0.4, 0.5) is 0 Å². The van der Waals surface area contributed by atoms with Crippen LogP contribution in [-0.4, -0.2) is 39.9 Å². The standard InChI is InChI=1S/C19H30N2O5/c1-13-10-15(11-14-8-6-5-7-9-14)17(21(24)25)18(23)20(13)12-16(22)26-19(2,3)4/h10,14-15,17H,5-9,11-12H2,1-4H3. The molecule has 0 N–H and O–H groups in total. The zero-order valence-corrected chi connectivity index (χ0v) is 16.2. The maximum Gasteiger partial charge on any atom is 0.326 e. The molecule has 0 radical (unpaired) electrons. The highest BCUT2D eigenvalue weighted by Crippen LogP contribution is 2.34. The van der Waals surface area contributed by atoms with E-state index in [2.05, 4.69) is 0 Å². The molecule has 0 aromatic heterocycles. The fraction of sp³-hybridized carbons (Fsp3) is 0.789. The van der Waals surface area contributed by atoms with Gasteiger partial charge in [-0.05, 0) is 40.0 Å². The van der Waals surface area contributed by atoms with E-state index in [0.29, 0.717) is 18.0 Å². The first-order chi connectivity index (χ1) is 12.1. The van der Waals surface area contributed by atoms with Crippen LogP contribution in [0.25, 0.3) is 0 Å². The zero-order valence-electron chi connectivity index (χ0n) is 16.2. The summed E-state index contributed by atoms with van der Waals surface area (Å²) < 4.78 is 5.25. The van der Waals surface area contributed by atoms with Gasteiger partial charge < -0.3 is 4.74 Å². The van der Waals surface area contributed by atoms with Gasteiger partial charge in [-0.2, -0.15) is 0 Å². The Bertz CT molecular complexity index is 587. The van der Waals surface area contributed by atoms with E-state index in [9.17, 15) is 19.7 Å². The summed E-state index contributed by atoms with van der Waals surface area (Å²) in [6, 6.07) is -1.32. The smallest absolute Gasteiger partial charge is 0.326 e. The number of ether oxygens (including phenoxy) is 1. The zero-order chi connectivity index (χ0) is 19.5. The minimum atomic E-state index is -1.32. The van der Waals surface area contributed by atoms with E-state index in [-0.39, 0.29) is 6.54 Å². The van der Waals surface area contributed by atoms with Gasteiger partial charge >= 0.3 is 11.9 Å². The van der Waals surface area contributed by atoms with E-state index in [1.807, 2.05) is 0 Å². The lowest BCUT2D eigenvalue weighted by Crippen LogP contribution is -2.51. The Morgan fingerprint density at radius 2 is 1.92 bits per heavy atom. The van der Waals surface area contributed by atoms with E-state index in [1.165, 1.54) is 11.3 Å². The van der Waals surface area contributed by atoms with Crippen molar-refractivity contribution in [3.63, 3.8) is 0 Å². The number of carbonyl (C=O) groups excluding carboxylic acids is 2. The van der Waals surface area contributed by atoms with Gasteiger partial charge in [0.15, 0.2) is 0 Å². The van der Waals surface area contributed by atoms with E-state index in [1.54, 1.807) is 33.8 Å². The monoisotopic (exact) mass is 366 g/mol. The molecule has 7 heteroatoms. The van der Waals surface area contributed by atoms with Gasteiger partial charge in [-0.25, -0.2) is 0 Å².